The second-order valence-electron chi connectivity index (χ2n) is 4.73. The van der Waals surface area contributed by atoms with Crippen LogP contribution in [0.25, 0.3) is 0 Å². The van der Waals surface area contributed by atoms with E-state index in [-0.39, 0.29) is 5.91 Å². The topological polar surface area (TPSA) is 45.5 Å². The molecule has 1 amide bonds. The van der Waals surface area contributed by atoms with E-state index in [1.807, 2.05) is 4.90 Å². The van der Waals surface area contributed by atoms with E-state index in [0.29, 0.717) is 22.4 Å². The largest absolute Gasteiger partial charge is 0.444 e. The fourth-order valence-corrected chi connectivity index (χ4v) is 3.20. The van der Waals surface area contributed by atoms with Crippen LogP contribution < -0.4 is 5.32 Å². The van der Waals surface area contributed by atoms with Crippen molar-refractivity contribution in [2.24, 2.45) is 5.92 Å². The van der Waals surface area contributed by atoms with Gasteiger partial charge in [-0.25, -0.2) is 0 Å². The van der Waals surface area contributed by atoms with Gasteiger partial charge in [-0.3, -0.25) is 4.79 Å². The van der Waals surface area contributed by atoms with Crippen molar-refractivity contribution in [2.45, 2.75) is 18.9 Å². The molecule has 2 aliphatic rings. The number of likely N-dealkylation sites (tertiary alicyclic amines) is 1. The third kappa shape index (κ3) is 2.02. The first-order valence-electron chi connectivity index (χ1n) is 6.03. The lowest BCUT2D eigenvalue weighted by atomic mass is 9.92. The molecule has 17 heavy (non-hydrogen) atoms. The molecule has 2 fully saturated rings. The highest BCUT2D eigenvalue weighted by atomic mass is 79.9. The van der Waals surface area contributed by atoms with Gasteiger partial charge < -0.3 is 14.6 Å². The Hall–Kier alpha value is -0.810. The van der Waals surface area contributed by atoms with Gasteiger partial charge >= 0.3 is 0 Å². The number of carbonyl (C=O) groups excluding carboxylic acids is 1. The zero-order valence-corrected chi connectivity index (χ0v) is 11.1. The highest BCUT2D eigenvalue weighted by Crippen LogP contribution is 2.28. The smallest absolute Gasteiger partial charge is 0.289 e. The summed E-state index contributed by atoms with van der Waals surface area (Å²) in [5, 5.41) is 3.37. The molecule has 2 aliphatic heterocycles. The molecule has 1 aromatic heterocycles. The Bertz CT molecular complexity index is 432. The summed E-state index contributed by atoms with van der Waals surface area (Å²) in [6.45, 7) is 2.80. The second kappa shape index (κ2) is 4.46. The van der Waals surface area contributed by atoms with E-state index < -0.39 is 0 Å². The van der Waals surface area contributed by atoms with Gasteiger partial charge in [-0.2, -0.15) is 0 Å². The number of nitrogens with one attached hydrogen (secondary N) is 1. The van der Waals surface area contributed by atoms with Gasteiger partial charge in [0.25, 0.3) is 5.91 Å². The van der Waals surface area contributed by atoms with Crippen molar-refractivity contribution in [1.82, 2.24) is 10.2 Å². The standard InChI is InChI=1S/C12H15BrN2O2/c13-11-4-3-10(17-11)12(16)15-5-1-2-8-6-14-7-9(8)15/h3-4,8-9,14H,1-2,5-7H2. The Labute approximate surface area is 108 Å². The third-order valence-electron chi connectivity index (χ3n) is 3.72. The van der Waals surface area contributed by atoms with Crippen molar-refractivity contribution in [3.05, 3.63) is 22.6 Å². The summed E-state index contributed by atoms with van der Waals surface area (Å²) < 4.78 is 5.96. The predicted molar refractivity (Wildman–Crippen MR) is 66.8 cm³/mol. The van der Waals surface area contributed by atoms with Crippen molar-refractivity contribution in [2.75, 3.05) is 19.6 Å². The molecule has 92 valence electrons. The molecule has 5 heteroatoms. The molecule has 1 N–H and O–H groups in total. The number of furan rings is 1. The molecular formula is C12H15BrN2O2. The van der Waals surface area contributed by atoms with Crippen molar-refractivity contribution < 1.29 is 9.21 Å². The summed E-state index contributed by atoms with van der Waals surface area (Å²) in [6.07, 6.45) is 2.32. The first-order chi connectivity index (χ1) is 8.25. The minimum Gasteiger partial charge on any atom is -0.444 e. The molecular weight excluding hydrogens is 284 g/mol. The SMILES string of the molecule is O=C(c1ccc(Br)o1)N1CCCC2CNCC21. The van der Waals surface area contributed by atoms with E-state index in [1.54, 1.807) is 12.1 Å². The molecule has 3 rings (SSSR count). The Balaban J connectivity index is 1.81. The van der Waals surface area contributed by atoms with Crippen molar-refractivity contribution in [3.8, 4) is 0 Å². The van der Waals surface area contributed by atoms with E-state index in [1.165, 1.54) is 6.42 Å². The molecule has 2 atom stereocenters. The average Bonchev–Trinajstić information content (AvgIpc) is 2.95. The molecule has 3 heterocycles. The van der Waals surface area contributed by atoms with Crippen LogP contribution in [0.5, 0.6) is 0 Å². The van der Waals surface area contributed by atoms with Crippen LogP contribution in [0, 0.1) is 5.92 Å². The normalized spacial score (nSPS) is 28.2. The predicted octanol–water partition coefficient (Wildman–Crippen LogP) is 1.87. The molecule has 2 saturated heterocycles. The van der Waals surface area contributed by atoms with E-state index in [0.717, 1.165) is 26.1 Å². The lowest BCUT2D eigenvalue weighted by Crippen LogP contribution is -2.48. The minimum atomic E-state index is 0.0223. The Kier molecular flexibility index (Phi) is 2.96. The highest BCUT2D eigenvalue weighted by molar-refractivity contribution is 9.10. The van der Waals surface area contributed by atoms with Crippen LogP contribution in [0.15, 0.2) is 21.2 Å². The second-order valence-corrected chi connectivity index (χ2v) is 5.51. The maximum Gasteiger partial charge on any atom is 0.289 e. The Morgan fingerprint density at radius 2 is 2.35 bits per heavy atom. The number of piperidine rings is 1. The summed E-state index contributed by atoms with van der Waals surface area (Å²) >= 11 is 3.23. The van der Waals surface area contributed by atoms with Crippen LogP contribution >= 0.6 is 15.9 Å². The fourth-order valence-electron chi connectivity index (χ4n) is 2.89. The summed E-state index contributed by atoms with van der Waals surface area (Å²) in [6, 6.07) is 3.85. The molecule has 0 aromatic carbocycles. The highest BCUT2D eigenvalue weighted by Gasteiger charge is 2.38. The molecule has 4 nitrogen and oxygen atoms in total. The van der Waals surface area contributed by atoms with Gasteiger partial charge in [0.05, 0.1) is 0 Å². The number of halogens is 1. The molecule has 0 spiro atoms. The van der Waals surface area contributed by atoms with Crippen LogP contribution in [0.1, 0.15) is 23.4 Å². The van der Waals surface area contributed by atoms with Gasteiger partial charge in [-0.1, -0.05) is 0 Å². The number of nitrogens with zero attached hydrogens (tertiary/aromatic N) is 1. The lowest BCUT2D eigenvalue weighted by molar-refractivity contribution is 0.0541. The van der Waals surface area contributed by atoms with E-state index in [2.05, 4.69) is 21.2 Å². The van der Waals surface area contributed by atoms with Gasteiger partial charge in [-0.15, -0.1) is 0 Å². The van der Waals surface area contributed by atoms with Gasteiger partial charge in [0.15, 0.2) is 10.4 Å². The van der Waals surface area contributed by atoms with Crippen LogP contribution in [-0.2, 0) is 0 Å². The van der Waals surface area contributed by atoms with Crippen LogP contribution in [0.2, 0.25) is 0 Å². The van der Waals surface area contributed by atoms with E-state index >= 15 is 0 Å². The molecule has 0 saturated carbocycles. The number of hydrogen-bond acceptors (Lipinski definition) is 3. The Morgan fingerprint density at radius 1 is 1.47 bits per heavy atom. The van der Waals surface area contributed by atoms with Gasteiger partial charge in [0, 0.05) is 25.7 Å². The van der Waals surface area contributed by atoms with Gasteiger partial charge in [0.2, 0.25) is 0 Å². The molecule has 2 unspecified atom stereocenters. The number of hydrogen-bond donors (Lipinski definition) is 1. The van der Waals surface area contributed by atoms with Gasteiger partial charge in [-0.05, 0) is 46.8 Å². The van der Waals surface area contributed by atoms with E-state index in [9.17, 15) is 4.79 Å². The monoisotopic (exact) mass is 298 g/mol. The number of rotatable bonds is 1. The first-order valence-corrected chi connectivity index (χ1v) is 6.82. The average molecular weight is 299 g/mol. The van der Waals surface area contributed by atoms with Crippen LogP contribution in [0.3, 0.4) is 0 Å². The molecule has 0 aliphatic carbocycles. The van der Waals surface area contributed by atoms with Crippen LogP contribution in [-0.4, -0.2) is 36.5 Å². The Morgan fingerprint density at radius 3 is 3.12 bits per heavy atom. The van der Waals surface area contributed by atoms with Crippen LogP contribution in [0.4, 0.5) is 0 Å². The minimum absolute atomic E-state index is 0.0223. The molecule has 1 aromatic rings. The zero-order chi connectivity index (χ0) is 11.8. The van der Waals surface area contributed by atoms with E-state index in [4.69, 9.17) is 4.42 Å². The summed E-state index contributed by atoms with van der Waals surface area (Å²) in [5.74, 6) is 1.07. The molecule has 0 bridgehead atoms. The lowest BCUT2D eigenvalue weighted by Gasteiger charge is -2.36. The summed E-state index contributed by atoms with van der Waals surface area (Å²) in [4.78, 5) is 14.3. The number of fused-ring (bicyclic) bond motifs is 1. The first kappa shape index (κ1) is 11.3. The zero-order valence-electron chi connectivity index (χ0n) is 9.49. The van der Waals surface area contributed by atoms with Crippen molar-refractivity contribution >= 4 is 21.8 Å². The quantitative estimate of drug-likeness (QED) is 0.861. The number of carbonyl (C=O) groups is 1. The van der Waals surface area contributed by atoms with Gasteiger partial charge in [0.1, 0.15) is 0 Å². The summed E-state index contributed by atoms with van der Waals surface area (Å²) in [7, 11) is 0. The molecule has 0 radical (unpaired) electrons. The third-order valence-corrected chi connectivity index (χ3v) is 4.15. The maximum absolute atomic E-state index is 12.3. The van der Waals surface area contributed by atoms with Crippen molar-refractivity contribution in [1.29, 1.82) is 0 Å². The fraction of sp³-hybridized carbons (Fsp3) is 0.583. The van der Waals surface area contributed by atoms with Crippen molar-refractivity contribution in [3.63, 3.8) is 0 Å². The summed E-state index contributed by atoms with van der Waals surface area (Å²) in [5.41, 5.74) is 0. The maximum atomic E-state index is 12.3. The number of amides is 1.